The summed E-state index contributed by atoms with van der Waals surface area (Å²) >= 11 is 18.3. The molecular weight excluding hydrogens is 423 g/mol. The lowest BCUT2D eigenvalue weighted by molar-refractivity contribution is -0.115. The van der Waals surface area contributed by atoms with Crippen LogP contribution in [-0.4, -0.2) is 18.2 Å². The summed E-state index contributed by atoms with van der Waals surface area (Å²) in [6, 6.07) is 13.6. The molecule has 8 heteroatoms. The van der Waals surface area contributed by atoms with Crippen molar-refractivity contribution in [2.75, 3.05) is 17.2 Å². The van der Waals surface area contributed by atoms with Crippen LogP contribution in [0.3, 0.4) is 0 Å². The zero-order valence-corrected chi connectivity index (χ0v) is 17.0. The molecule has 0 saturated heterocycles. The van der Waals surface area contributed by atoms with Gasteiger partial charge in [0.1, 0.15) is 27.2 Å². The van der Waals surface area contributed by atoms with Crippen LogP contribution in [0, 0.1) is 0 Å². The number of para-hydroxylation sites is 2. The molecule has 0 aliphatic heterocycles. The van der Waals surface area contributed by atoms with Crippen molar-refractivity contribution in [2.45, 2.75) is 6.92 Å². The molecule has 0 unspecified atom stereocenters. The van der Waals surface area contributed by atoms with Gasteiger partial charge in [-0.15, -0.1) is 0 Å². The van der Waals surface area contributed by atoms with Gasteiger partial charge in [-0.1, -0.05) is 46.9 Å². The molecule has 5 nitrogen and oxygen atoms in total. The summed E-state index contributed by atoms with van der Waals surface area (Å²) in [6.45, 7) is 2.28. The van der Waals surface area contributed by atoms with E-state index >= 15 is 0 Å². The number of ether oxygens (including phenoxy) is 1. The second-order valence-electron chi connectivity index (χ2n) is 5.72. The first-order chi connectivity index (χ1) is 13.4. The zero-order chi connectivity index (χ0) is 20.3. The fraction of sp³-hybridized carbons (Fsp3) is 0.100. The second kappa shape index (κ2) is 8.69. The van der Waals surface area contributed by atoms with E-state index in [0.717, 1.165) is 0 Å². The van der Waals surface area contributed by atoms with E-state index in [1.54, 1.807) is 48.5 Å². The monoisotopic (exact) mass is 436 g/mol. The van der Waals surface area contributed by atoms with Crippen LogP contribution in [0.1, 0.15) is 6.92 Å². The maximum absolute atomic E-state index is 12.8. The van der Waals surface area contributed by atoms with E-state index in [0.29, 0.717) is 28.8 Å². The molecule has 0 amide bonds. The first kappa shape index (κ1) is 20.3. The summed E-state index contributed by atoms with van der Waals surface area (Å²) < 4.78 is 5.52. The van der Waals surface area contributed by atoms with Crippen molar-refractivity contribution < 1.29 is 14.3 Å². The van der Waals surface area contributed by atoms with E-state index in [1.807, 2.05) is 6.92 Å². The Morgan fingerprint density at radius 1 is 0.821 bits per heavy atom. The van der Waals surface area contributed by atoms with Crippen molar-refractivity contribution in [3.05, 3.63) is 75.0 Å². The van der Waals surface area contributed by atoms with Crippen molar-refractivity contribution in [2.24, 2.45) is 0 Å². The summed E-state index contributed by atoms with van der Waals surface area (Å²) in [5, 5.41) is 5.71. The van der Waals surface area contributed by atoms with Crippen molar-refractivity contribution in [3.63, 3.8) is 0 Å². The number of halogens is 3. The maximum Gasteiger partial charge on any atom is 0.224 e. The number of anilines is 2. The van der Waals surface area contributed by atoms with Crippen molar-refractivity contribution in [1.29, 1.82) is 0 Å². The van der Waals surface area contributed by atoms with Crippen LogP contribution in [0.15, 0.2) is 70.0 Å². The van der Waals surface area contributed by atoms with Gasteiger partial charge in [0.25, 0.3) is 0 Å². The van der Waals surface area contributed by atoms with Gasteiger partial charge in [0.05, 0.1) is 12.3 Å². The Kier molecular flexibility index (Phi) is 6.29. The van der Waals surface area contributed by atoms with E-state index in [-0.39, 0.29) is 21.5 Å². The van der Waals surface area contributed by atoms with Gasteiger partial charge in [0, 0.05) is 10.7 Å². The lowest BCUT2D eigenvalue weighted by Crippen LogP contribution is -2.27. The molecule has 0 heterocycles. The van der Waals surface area contributed by atoms with Gasteiger partial charge in [0.15, 0.2) is 0 Å². The SMILES string of the molecule is CCOc1ccccc1NC1=C(Cl)C(=O)C(Nc2ccc(Cl)cc2)=C(Cl)C1=O. The number of hydrogen-bond donors (Lipinski definition) is 2. The van der Waals surface area contributed by atoms with Crippen molar-refractivity contribution in [1.82, 2.24) is 0 Å². The van der Waals surface area contributed by atoms with Gasteiger partial charge in [-0.25, -0.2) is 0 Å². The first-order valence-corrected chi connectivity index (χ1v) is 9.46. The van der Waals surface area contributed by atoms with Crippen LogP contribution in [0.5, 0.6) is 5.75 Å². The van der Waals surface area contributed by atoms with Gasteiger partial charge in [0.2, 0.25) is 11.6 Å². The minimum atomic E-state index is -0.603. The van der Waals surface area contributed by atoms with Gasteiger partial charge in [-0.05, 0) is 43.3 Å². The molecule has 144 valence electrons. The molecule has 2 N–H and O–H groups in total. The third kappa shape index (κ3) is 4.17. The molecule has 0 radical (unpaired) electrons. The molecule has 28 heavy (non-hydrogen) atoms. The number of carbonyl (C=O) groups excluding carboxylic acids is 2. The van der Waals surface area contributed by atoms with Crippen LogP contribution in [0.25, 0.3) is 0 Å². The highest BCUT2D eigenvalue weighted by Crippen LogP contribution is 2.33. The van der Waals surface area contributed by atoms with E-state index in [1.165, 1.54) is 0 Å². The largest absolute Gasteiger partial charge is 0.492 e. The van der Waals surface area contributed by atoms with Crippen molar-refractivity contribution in [3.8, 4) is 5.75 Å². The number of allylic oxidation sites excluding steroid dienone is 2. The number of nitrogens with one attached hydrogen (secondary N) is 2. The average molecular weight is 438 g/mol. The number of benzene rings is 2. The van der Waals surface area contributed by atoms with Crippen LogP contribution in [0.4, 0.5) is 11.4 Å². The normalized spacial score (nSPS) is 14.4. The minimum absolute atomic E-state index is 0.0948. The van der Waals surface area contributed by atoms with Crippen molar-refractivity contribution >= 4 is 57.7 Å². The molecule has 0 atom stereocenters. The standard InChI is InChI=1S/C20H15Cl3N2O3/c1-2-28-14-6-4-3-5-13(14)25-18-16(23)19(26)17(15(22)20(18)27)24-12-9-7-11(21)8-10-12/h3-10,24-25H,2H2,1H3. The van der Waals surface area contributed by atoms with Gasteiger partial charge in [-0.2, -0.15) is 0 Å². The molecular formula is C20H15Cl3N2O3. The summed E-state index contributed by atoms with van der Waals surface area (Å²) in [7, 11) is 0. The second-order valence-corrected chi connectivity index (χ2v) is 6.91. The van der Waals surface area contributed by atoms with E-state index < -0.39 is 11.6 Å². The number of rotatable bonds is 6. The molecule has 1 aliphatic carbocycles. The fourth-order valence-electron chi connectivity index (χ4n) is 2.53. The quantitative estimate of drug-likeness (QED) is 0.599. The topological polar surface area (TPSA) is 67.4 Å². The molecule has 3 rings (SSSR count). The fourth-order valence-corrected chi connectivity index (χ4v) is 3.11. The zero-order valence-electron chi connectivity index (χ0n) is 14.7. The number of Topliss-reactive ketones (excluding diaryl/α,β-unsaturated/α-hetero) is 2. The molecule has 2 aromatic carbocycles. The van der Waals surface area contributed by atoms with E-state index in [9.17, 15) is 9.59 Å². The Morgan fingerprint density at radius 3 is 2.00 bits per heavy atom. The Bertz CT molecular complexity index is 998. The average Bonchev–Trinajstić information content (AvgIpc) is 2.70. The molecule has 0 saturated carbocycles. The molecule has 1 aliphatic rings. The lowest BCUT2D eigenvalue weighted by atomic mass is 10.0. The minimum Gasteiger partial charge on any atom is -0.492 e. The maximum atomic E-state index is 12.8. The van der Waals surface area contributed by atoms with Crippen LogP contribution in [-0.2, 0) is 9.59 Å². The van der Waals surface area contributed by atoms with Gasteiger partial charge in [-0.3, -0.25) is 9.59 Å². The third-order valence-electron chi connectivity index (χ3n) is 3.85. The lowest BCUT2D eigenvalue weighted by Gasteiger charge is -2.21. The van der Waals surface area contributed by atoms with E-state index in [2.05, 4.69) is 10.6 Å². The Labute approximate surface area is 176 Å². The third-order valence-corrected chi connectivity index (χ3v) is 4.83. The number of hydrogen-bond acceptors (Lipinski definition) is 5. The van der Waals surface area contributed by atoms with Gasteiger partial charge < -0.3 is 15.4 Å². The molecule has 0 bridgehead atoms. The smallest absolute Gasteiger partial charge is 0.224 e. The summed E-state index contributed by atoms with van der Waals surface area (Å²) in [6.07, 6.45) is 0. The highest BCUT2D eigenvalue weighted by molar-refractivity contribution is 6.56. The Balaban J connectivity index is 1.90. The summed E-state index contributed by atoms with van der Waals surface area (Å²) in [4.78, 5) is 25.5. The Hall–Kier alpha value is -2.47. The predicted octanol–water partition coefficient (Wildman–Crippen LogP) is 5.32. The summed E-state index contributed by atoms with van der Waals surface area (Å²) in [5.41, 5.74) is 0.839. The Morgan fingerprint density at radius 2 is 1.39 bits per heavy atom. The molecule has 0 fully saturated rings. The first-order valence-electron chi connectivity index (χ1n) is 8.32. The van der Waals surface area contributed by atoms with E-state index in [4.69, 9.17) is 39.5 Å². The molecule has 0 aromatic heterocycles. The summed E-state index contributed by atoms with van der Waals surface area (Å²) in [5.74, 6) is -0.681. The van der Waals surface area contributed by atoms with Gasteiger partial charge >= 0.3 is 0 Å². The molecule has 2 aromatic rings. The molecule has 0 spiro atoms. The highest BCUT2D eigenvalue weighted by Gasteiger charge is 2.34. The predicted molar refractivity (Wildman–Crippen MR) is 112 cm³/mol. The number of carbonyl (C=O) groups is 2. The van der Waals surface area contributed by atoms with Crippen LogP contribution < -0.4 is 15.4 Å². The van der Waals surface area contributed by atoms with Crippen LogP contribution >= 0.6 is 34.8 Å². The number of ketones is 2. The van der Waals surface area contributed by atoms with Crippen LogP contribution in [0.2, 0.25) is 5.02 Å². The highest BCUT2D eigenvalue weighted by atomic mass is 35.5.